The highest BCUT2D eigenvalue weighted by atomic mass is 32.2. The Hall–Kier alpha value is -2.27. The second kappa shape index (κ2) is 15.7. The third-order valence-electron chi connectivity index (χ3n) is 6.74. The van der Waals surface area contributed by atoms with E-state index in [-0.39, 0.29) is 28.6 Å². The lowest BCUT2D eigenvalue weighted by Crippen LogP contribution is -2.19. The summed E-state index contributed by atoms with van der Waals surface area (Å²) >= 11 is 0. The van der Waals surface area contributed by atoms with Crippen molar-refractivity contribution >= 4 is 31.3 Å². The number of unbranched alkanes of at least 4 members (excludes halogenated alkanes) is 10. The first-order chi connectivity index (χ1) is 18.8. The monoisotopic (exact) mass is 596 g/mol. The van der Waals surface area contributed by atoms with Crippen molar-refractivity contribution in [1.82, 2.24) is 15.0 Å². The molecule has 2 aromatic rings. The van der Waals surface area contributed by atoms with Crippen LogP contribution in [0.15, 0.2) is 28.5 Å². The van der Waals surface area contributed by atoms with Crippen molar-refractivity contribution in [2.75, 3.05) is 16.8 Å². The molecule has 2 rings (SSSR count). The number of rotatable bonds is 18. The van der Waals surface area contributed by atoms with Gasteiger partial charge in [0, 0.05) is 11.3 Å². The summed E-state index contributed by atoms with van der Waals surface area (Å²) in [6.45, 7) is 10.1. The van der Waals surface area contributed by atoms with Gasteiger partial charge in [0.05, 0.1) is 11.5 Å². The Labute approximate surface area is 241 Å². The minimum Gasteiger partial charge on any atom is -0.508 e. The highest BCUT2D eigenvalue weighted by molar-refractivity contribution is 7.91. The van der Waals surface area contributed by atoms with Crippen molar-refractivity contribution < 1.29 is 21.9 Å². The molecule has 0 amide bonds. The molecule has 0 atom stereocenters. The zero-order chi connectivity index (χ0) is 29.8. The second-order valence-electron chi connectivity index (χ2n) is 11.5. The Morgan fingerprint density at radius 1 is 0.700 bits per heavy atom. The van der Waals surface area contributed by atoms with Gasteiger partial charge in [-0.05, 0) is 36.5 Å². The molecule has 0 bridgehead atoms. The standard InChI is InChI=1S/C29H48N4O5S2/c1-6-8-10-12-14-16-20-39(35,36)27-31-26(30-23-18-19-25(34)24(22-23)29(3,4)5)32-28(33-27)40(37,38)21-17-15-13-11-9-7-2/h18-19,22,34H,6-17,20-21H2,1-5H3,(H,30,31,32,33). The topological polar surface area (TPSA) is 139 Å². The Bertz CT molecular complexity index is 1230. The third-order valence-corrected chi connectivity index (χ3v) is 9.87. The minimum absolute atomic E-state index is 0.123. The molecule has 0 aliphatic heterocycles. The zero-order valence-electron chi connectivity index (χ0n) is 24.9. The van der Waals surface area contributed by atoms with Crippen LogP contribution in [0.5, 0.6) is 5.75 Å². The Balaban J connectivity index is 2.35. The molecule has 11 heteroatoms. The van der Waals surface area contributed by atoms with E-state index >= 15 is 0 Å². The van der Waals surface area contributed by atoms with Crippen LogP contribution in [0.4, 0.5) is 11.6 Å². The predicted octanol–water partition coefficient (Wildman–Crippen LogP) is 6.89. The molecule has 0 radical (unpaired) electrons. The average molecular weight is 597 g/mol. The van der Waals surface area contributed by atoms with Gasteiger partial charge in [-0.1, -0.05) is 98.8 Å². The van der Waals surface area contributed by atoms with E-state index in [2.05, 4.69) is 34.1 Å². The van der Waals surface area contributed by atoms with Crippen molar-refractivity contribution in [2.24, 2.45) is 0 Å². The molecule has 0 aliphatic carbocycles. The molecule has 0 spiro atoms. The van der Waals surface area contributed by atoms with Gasteiger partial charge < -0.3 is 10.4 Å². The lowest BCUT2D eigenvalue weighted by atomic mass is 9.86. The van der Waals surface area contributed by atoms with Crippen molar-refractivity contribution in [3.05, 3.63) is 23.8 Å². The third kappa shape index (κ3) is 11.0. The van der Waals surface area contributed by atoms with Gasteiger partial charge in [0.1, 0.15) is 5.75 Å². The van der Waals surface area contributed by atoms with Crippen LogP contribution >= 0.6 is 0 Å². The number of hydrogen-bond acceptors (Lipinski definition) is 9. The van der Waals surface area contributed by atoms with Crippen LogP contribution in [0, 0.1) is 0 Å². The summed E-state index contributed by atoms with van der Waals surface area (Å²) in [5.74, 6) is -0.360. The summed E-state index contributed by atoms with van der Waals surface area (Å²) in [5, 5.41) is 12.2. The number of anilines is 2. The number of phenols is 1. The first-order valence-corrected chi connectivity index (χ1v) is 17.9. The molecule has 0 unspecified atom stereocenters. The number of aromatic hydroxyl groups is 1. The number of benzene rings is 1. The van der Waals surface area contributed by atoms with Gasteiger partial charge in [-0.2, -0.15) is 15.0 Å². The van der Waals surface area contributed by atoms with E-state index in [1.54, 1.807) is 12.1 Å². The van der Waals surface area contributed by atoms with Gasteiger partial charge in [0.2, 0.25) is 25.6 Å². The smallest absolute Gasteiger partial charge is 0.253 e. The Morgan fingerprint density at radius 3 is 1.60 bits per heavy atom. The van der Waals surface area contributed by atoms with Crippen molar-refractivity contribution in [1.29, 1.82) is 0 Å². The van der Waals surface area contributed by atoms with Crippen LogP contribution in [0.3, 0.4) is 0 Å². The van der Waals surface area contributed by atoms with Crippen LogP contribution < -0.4 is 5.32 Å². The first kappa shape index (κ1) is 33.9. The Morgan fingerprint density at radius 2 is 1.15 bits per heavy atom. The lowest BCUT2D eigenvalue weighted by Gasteiger charge is -2.21. The minimum atomic E-state index is -3.93. The van der Waals surface area contributed by atoms with E-state index in [1.807, 2.05) is 20.8 Å². The predicted molar refractivity (Wildman–Crippen MR) is 161 cm³/mol. The van der Waals surface area contributed by atoms with Crippen LogP contribution in [-0.2, 0) is 25.1 Å². The van der Waals surface area contributed by atoms with E-state index in [0.29, 0.717) is 24.1 Å². The average Bonchev–Trinajstić information content (AvgIpc) is 2.88. The summed E-state index contributed by atoms with van der Waals surface area (Å²) < 4.78 is 52.7. The van der Waals surface area contributed by atoms with Crippen LogP contribution in [-0.4, -0.2) is 48.4 Å². The maximum Gasteiger partial charge on any atom is 0.253 e. The molecule has 0 saturated carbocycles. The number of phenolic OH excluding ortho intramolecular Hbond substituents is 1. The van der Waals surface area contributed by atoms with E-state index < -0.39 is 30.0 Å². The van der Waals surface area contributed by atoms with Crippen molar-refractivity contribution in [3.8, 4) is 5.75 Å². The molecular weight excluding hydrogens is 548 g/mol. The maximum absolute atomic E-state index is 13.2. The molecule has 0 fully saturated rings. The fourth-order valence-electron chi connectivity index (χ4n) is 4.34. The van der Waals surface area contributed by atoms with Crippen LogP contribution in [0.25, 0.3) is 0 Å². The fourth-order valence-corrected chi connectivity index (χ4v) is 6.84. The number of nitrogens with one attached hydrogen (secondary N) is 1. The summed E-state index contributed by atoms with van der Waals surface area (Å²) in [5.41, 5.74) is 0.795. The molecule has 0 aliphatic rings. The van der Waals surface area contributed by atoms with Crippen LogP contribution in [0.1, 0.15) is 117 Å². The summed E-state index contributed by atoms with van der Waals surface area (Å²) in [7, 11) is -7.86. The number of sulfone groups is 2. The first-order valence-electron chi connectivity index (χ1n) is 14.6. The maximum atomic E-state index is 13.2. The zero-order valence-corrected chi connectivity index (χ0v) is 26.5. The van der Waals surface area contributed by atoms with Crippen LogP contribution in [0.2, 0.25) is 0 Å². The highest BCUT2D eigenvalue weighted by Crippen LogP contribution is 2.33. The van der Waals surface area contributed by atoms with E-state index in [4.69, 9.17) is 0 Å². The van der Waals surface area contributed by atoms with Gasteiger partial charge >= 0.3 is 0 Å². The molecule has 40 heavy (non-hydrogen) atoms. The molecular formula is C29H48N4O5S2. The molecule has 0 saturated heterocycles. The summed E-state index contributed by atoms with van der Waals surface area (Å²) in [6, 6.07) is 4.84. The second-order valence-corrected chi connectivity index (χ2v) is 15.5. The van der Waals surface area contributed by atoms with Gasteiger partial charge in [-0.15, -0.1) is 0 Å². The number of nitrogens with zero attached hydrogens (tertiary/aromatic N) is 3. The van der Waals surface area contributed by atoms with Crippen molar-refractivity contribution in [3.63, 3.8) is 0 Å². The SMILES string of the molecule is CCCCCCCCS(=O)(=O)c1nc(Nc2ccc(O)c(C(C)(C)C)c2)nc(S(=O)(=O)CCCCCCCC)n1. The summed E-state index contributed by atoms with van der Waals surface area (Å²) in [6.07, 6.45) is 10.9. The van der Waals surface area contributed by atoms with E-state index in [0.717, 1.165) is 64.2 Å². The van der Waals surface area contributed by atoms with Gasteiger partial charge in [-0.25, -0.2) is 16.8 Å². The molecule has 2 N–H and O–H groups in total. The largest absolute Gasteiger partial charge is 0.508 e. The molecule has 1 aromatic heterocycles. The van der Waals surface area contributed by atoms with Gasteiger partial charge in [0.25, 0.3) is 10.3 Å². The van der Waals surface area contributed by atoms with E-state index in [9.17, 15) is 21.9 Å². The van der Waals surface area contributed by atoms with E-state index in [1.165, 1.54) is 6.07 Å². The van der Waals surface area contributed by atoms with Gasteiger partial charge in [0.15, 0.2) is 0 Å². The van der Waals surface area contributed by atoms with Crippen molar-refractivity contribution in [2.45, 2.75) is 127 Å². The normalized spacial score (nSPS) is 12.5. The lowest BCUT2D eigenvalue weighted by molar-refractivity contribution is 0.447. The number of hydrogen-bond donors (Lipinski definition) is 2. The number of aromatic nitrogens is 3. The fraction of sp³-hybridized carbons (Fsp3) is 0.690. The molecule has 9 nitrogen and oxygen atoms in total. The van der Waals surface area contributed by atoms with Gasteiger partial charge in [-0.3, -0.25) is 0 Å². The molecule has 1 aromatic carbocycles. The Kier molecular flexibility index (Phi) is 13.3. The molecule has 226 valence electrons. The quantitative estimate of drug-likeness (QED) is 0.139. The highest BCUT2D eigenvalue weighted by Gasteiger charge is 2.26. The summed E-state index contributed by atoms with van der Waals surface area (Å²) in [4.78, 5) is 12.2. The molecule has 1 heterocycles.